The van der Waals surface area contributed by atoms with Crippen LogP contribution in [0.2, 0.25) is 0 Å². The van der Waals surface area contributed by atoms with Gasteiger partial charge in [0.2, 0.25) is 0 Å². The van der Waals surface area contributed by atoms with Crippen molar-refractivity contribution in [1.82, 2.24) is 0 Å². The van der Waals surface area contributed by atoms with Crippen molar-refractivity contribution in [2.45, 2.75) is 92.1 Å². The van der Waals surface area contributed by atoms with Gasteiger partial charge >= 0.3 is 0 Å². The van der Waals surface area contributed by atoms with Crippen molar-refractivity contribution in [2.24, 2.45) is 22.9 Å². The first-order valence-corrected chi connectivity index (χ1v) is 10.2. The van der Waals surface area contributed by atoms with Crippen molar-refractivity contribution in [3.8, 4) is 0 Å². The van der Waals surface area contributed by atoms with E-state index in [0.29, 0.717) is 0 Å². The molecule has 2 heterocycles. The van der Waals surface area contributed by atoms with Crippen LogP contribution in [0.1, 0.15) is 6.42 Å². The van der Waals surface area contributed by atoms with E-state index in [0.717, 1.165) is 0 Å². The van der Waals surface area contributed by atoms with Crippen LogP contribution in [0.4, 0.5) is 0 Å². The summed E-state index contributed by atoms with van der Waals surface area (Å²) >= 11 is 0. The first-order chi connectivity index (χ1) is 14.6. The summed E-state index contributed by atoms with van der Waals surface area (Å²) in [7, 11) is 0. The van der Waals surface area contributed by atoms with Crippen LogP contribution in [0.3, 0.4) is 0 Å². The van der Waals surface area contributed by atoms with E-state index in [1.807, 2.05) is 0 Å². The van der Waals surface area contributed by atoms with Crippen LogP contribution in [0.15, 0.2) is 0 Å². The lowest BCUT2D eigenvalue weighted by Crippen LogP contribution is -2.68. The minimum absolute atomic E-state index is 0.0716. The van der Waals surface area contributed by atoms with E-state index in [1.54, 1.807) is 0 Å². The second-order valence-electron chi connectivity index (χ2n) is 8.30. The van der Waals surface area contributed by atoms with Crippen molar-refractivity contribution in [3.05, 3.63) is 0 Å². The number of hydrogen-bond acceptors (Lipinski definition) is 14. The molecule has 0 amide bonds. The minimum Gasteiger partial charge on any atom is -0.394 e. The normalized spacial score (nSPS) is 53.6. The summed E-state index contributed by atoms with van der Waals surface area (Å²) < 4.78 is 22.5. The molecule has 0 aromatic heterocycles. The quantitative estimate of drug-likeness (QED) is 0.179. The predicted octanol–water partition coefficient (Wildman–Crippen LogP) is -6.65. The standard InChI is InChI=1S/C17H34N4O10/c18-2-6-10(24)13(27)17(28-6)31-15-9(23)4(19)1-5(20)14(15)30-16-8(21)12(26)11(25)7(3-22)29-16/h4-17,22-27H,1-3,18-21H2/t4-,5?,6-,7?,8?,9?,10+,11+,12-,13?,14+,15-,16+,17+/m1/s1. The molecule has 0 aromatic carbocycles. The predicted molar refractivity (Wildman–Crippen MR) is 102 cm³/mol. The molecule has 14 atom stereocenters. The molecule has 0 bridgehead atoms. The van der Waals surface area contributed by atoms with Crippen molar-refractivity contribution < 1.29 is 49.6 Å². The number of aliphatic hydroxyl groups is 6. The fourth-order valence-electron chi connectivity index (χ4n) is 4.16. The Kier molecular flexibility index (Phi) is 8.21. The van der Waals surface area contributed by atoms with Crippen LogP contribution in [0.25, 0.3) is 0 Å². The molecule has 1 aliphatic carbocycles. The van der Waals surface area contributed by atoms with Crippen molar-refractivity contribution in [1.29, 1.82) is 0 Å². The van der Waals surface area contributed by atoms with E-state index in [1.165, 1.54) is 0 Å². The Labute approximate surface area is 178 Å². The van der Waals surface area contributed by atoms with Crippen molar-refractivity contribution >= 4 is 0 Å². The molecule has 182 valence electrons. The van der Waals surface area contributed by atoms with Crippen molar-refractivity contribution in [2.75, 3.05) is 13.2 Å². The SMILES string of the molecule is NC[C@H]1O[C@@H](O[C@@H]2C(O)[C@H](N)CC(N)[C@@H]2O[C@@H]2OC(CO)[C@H](O)[C@H](O)C2N)C(O)[C@H]1O. The van der Waals surface area contributed by atoms with Crippen LogP contribution in [-0.4, -0.2) is 129 Å². The fraction of sp³-hybridized carbons (Fsp3) is 1.00. The molecule has 14 heteroatoms. The molecule has 5 unspecified atom stereocenters. The second-order valence-corrected chi connectivity index (χ2v) is 8.30. The van der Waals surface area contributed by atoms with Gasteiger partial charge in [-0.15, -0.1) is 0 Å². The van der Waals surface area contributed by atoms with Gasteiger partial charge in [-0.2, -0.15) is 0 Å². The maximum atomic E-state index is 10.6. The Morgan fingerprint density at radius 3 is 1.87 bits per heavy atom. The first kappa shape index (κ1) is 25.1. The summed E-state index contributed by atoms with van der Waals surface area (Å²) in [4.78, 5) is 0. The monoisotopic (exact) mass is 454 g/mol. The van der Waals surface area contributed by atoms with E-state index in [4.69, 9.17) is 41.9 Å². The van der Waals surface area contributed by atoms with Crippen LogP contribution >= 0.6 is 0 Å². The molecule has 0 radical (unpaired) electrons. The number of hydrogen-bond donors (Lipinski definition) is 10. The Hall–Kier alpha value is -0.560. The Bertz CT molecular complexity index is 591. The van der Waals surface area contributed by atoms with Gasteiger partial charge in [-0.1, -0.05) is 0 Å². The highest BCUT2D eigenvalue weighted by molar-refractivity contribution is 5.01. The number of aliphatic hydroxyl groups excluding tert-OH is 6. The van der Waals surface area contributed by atoms with Gasteiger partial charge in [0.25, 0.3) is 0 Å². The van der Waals surface area contributed by atoms with E-state index in [2.05, 4.69) is 0 Å². The third-order valence-corrected chi connectivity index (χ3v) is 6.13. The molecule has 2 aliphatic heterocycles. The smallest absolute Gasteiger partial charge is 0.187 e. The topological polar surface area (TPSA) is 262 Å². The maximum Gasteiger partial charge on any atom is 0.187 e. The lowest BCUT2D eigenvalue weighted by Gasteiger charge is -2.47. The molecule has 3 fully saturated rings. The zero-order chi connectivity index (χ0) is 23.0. The van der Waals surface area contributed by atoms with Crippen LogP contribution < -0.4 is 22.9 Å². The molecular weight excluding hydrogens is 420 g/mol. The zero-order valence-electron chi connectivity index (χ0n) is 16.8. The molecule has 1 saturated carbocycles. The largest absolute Gasteiger partial charge is 0.394 e. The zero-order valence-corrected chi connectivity index (χ0v) is 16.8. The average molecular weight is 454 g/mol. The Balaban J connectivity index is 1.78. The fourth-order valence-corrected chi connectivity index (χ4v) is 4.16. The van der Waals surface area contributed by atoms with Gasteiger partial charge in [-0.25, -0.2) is 0 Å². The van der Waals surface area contributed by atoms with E-state index in [-0.39, 0.29) is 13.0 Å². The van der Waals surface area contributed by atoms with Gasteiger partial charge < -0.3 is 72.5 Å². The summed E-state index contributed by atoms with van der Waals surface area (Å²) in [5.74, 6) is 0. The van der Waals surface area contributed by atoms with Gasteiger partial charge in [0.05, 0.1) is 18.8 Å². The molecule has 31 heavy (non-hydrogen) atoms. The lowest BCUT2D eigenvalue weighted by molar-refractivity contribution is -0.310. The molecule has 3 aliphatic rings. The van der Waals surface area contributed by atoms with E-state index >= 15 is 0 Å². The minimum atomic E-state index is -1.46. The van der Waals surface area contributed by atoms with Gasteiger partial charge in [-0.3, -0.25) is 0 Å². The number of nitrogens with two attached hydrogens (primary N) is 4. The van der Waals surface area contributed by atoms with Gasteiger partial charge in [0.15, 0.2) is 12.6 Å². The summed E-state index contributed by atoms with van der Waals surface area (Å²) in [6.07, 6.45) is -13.8. The lowest BCUT2D eigenvalue weighted by atomic mass is 9.84. The first-order valence-electron chi connectivity index (χ1n) is 10.2. The third-order valence-electron chi connectivity index (χ3n) is 6.13. The summed E-state index contributed by atoms with van der Waals surface area (Å²) in [6.45, 7) is -0.673. The van der Waals surface area contributed by atoms with Crippen LogP contribution in [0, 0.1) is 0 Å². The summed E-state index contributed by atoms with van der Waals surface area (Å²) in [5.41, 5.74) is 23.6. The van der Waals surface area contributed by atoms with Gasteiger partial charge in [0, 0.05) is 18.6 Å². The number of rotatable bonds is 6. The highest BCUT2D eigenvalue weighted by Gasteiger charge is 2.52. The Morgan fingerprint density at radius 1 is 0.710 bits per heavy atom. The molecular formula is C17H34N4O10. The molecule has 14 N–H and O–H groups in total. The van der Waals surface area contributed by atoms with Crippen LogP contribution in [0.5, 0.6) is 0 Å². The average Bonchev–Trinajstić information content (AvgIpc) is 3.02. The van der Waals surface area contributed by atoms with Crippen LogP contribution in [-0.2, 0) is 18.9 Å². The van der Waals surface area contributed by atoms with Crippen molar-refractivity contribution in [3.63, 3.8) is 0 Å². The van der Waals surface area contributed by atoms with E-state index in [9.17, 15) is 30.6 Å². The maximum absolute atomic E-state index is 10.6. The van der Waals surface area contributed by atoms with Gasteiger partial charge in [-0.05, 0) is 6.42 Å². The molecule has 2 saturated heterocycles. The van der Waals surface area contributed by atoms with E-state index < -0.39 is 92.2 Å². The summed E-state index contributed by atoms with van der Waals surface area (Å²) in [5, 5.41) is 60.3. The molecule has 3 rings (SSSR count). The highest BCUT2D eigenvalue weighted by atomic mass is 16.7. The molecule has 0 spiro atoms. The Morgan fingerprint density at radius 2 is 1.29 bits per heavy atom. The van der Waals surface area contributed by atoms with Gasteiger partial charge in [0.1, 0.15) is 48.8 Å². The molecule has 0 aromatic rings. The second kappa shape index (κ2) is 10.1. The highest BCUT2D eigenvalue weighted by Crippen LogP contribution is 2.31. The molecule has 14 nitrogen and oxygen atoms in total. The third kappa shape index (κ3) is 4.87. The number of ether oxygens (including phenoxy) is 4. The summed E-state index contributed by atoms with van der Waals surface area (Å²) in [6, 6.07) is -2.76.